The van der Waals surface area contributed by atoms with Crippen LogP contribution in [0.1, 0.15) is 26.3 Å². The molecule has 1 aromatic carbocycles. The average Bonchev–Trinajstić information content (AvgIpc) is 2.41. The molecule has 0 unspecified atom stereocenters. The van der Waals surface area contributed by atoms with Crippen LogP contribution in [0.3, 0.4) is 0 Å². The molecule has 0 aliphatic heterocycles. The smallest absolute Gasteiger partial charge is 0.358 e. The highest BCUT2D eigenvalue weighted by Gasteiger charge is 2.19. The number of ether oxygens (including phenoxy) is 1. The Labute approximate surface area is 131 Å². The van der Waals surface area contributed by atoms with E-state index in [1.54, 1.807) is 20.8 Å². The van der Waals surface area contributed by atoms with Crippen molar-refractivity contribution in [2.24, 2.45) is 5.16 Å². The van der Waals surface area contributed by atoms with Gasteiger partial charge in [-0.25, -0.2) is 9.59 Å². The normalized spacial score (nSPS) is 11.7. The van der Waals surface area contributed by atoms with Crippen LogP contribution in [0, 0.1) is 10.1 Å². The third-order valence-corrected chi connectivity index (χ3v) is 2.29. The van der Waals surface area contributed by atoms with E-state index in [9.17, 15) is 19.7 Å². The number of carbonyl (C=O) groups excluding carboxylic acids is 1. The minimum absolute atomic E-state index is 0.0177. The highest BCUT2D eigenvalue weighted by Crippen LogP contribution is 2.14. The predicted octanol–water partition coefficient (Wildman–Crippen LogP) is 1.74. The maximum Gasteiger partial charge on any atom is 0.358 e. The number of hydrogen-bond donors (Lipinski definition) is 1. The van der Waals surface area contributed by atoms with Crippen molar-refractivity contribution in [1.29, 1.82) is 0 Å². The van der Waals surface area contributed by atoms with Gasteiger partial charge in [-0.3, -0.25) is 10.1 Å². The van der Waals surface area contributed by atoms with E-state index in [2.05, 4.69) is 9.99 Å². The topological polar surface area (TPSA) is 128 Å². The monoisotopic (exact) mass is 324 g/mol. The maximum atomic E-state index is 11.4. The van der Waals surface area contributed by atoms with Crippen LogP contribution in [0.2, 0.25) is 0 Å². The number of rotatable bonds is 6. The van der Waals surface area contributed by atoms with Crippen molar-refractivity contribution < 1.29 is 29.2 Å². The Morgan fingerprint density at radius 1 is 1.35 bits per heavy atom. The highest BCUT2D eigenvalue weighted by atomic mass is 16.7. The highest BCUT2D eigenvalue weighted by molar-refractivity contribution is 6.42. The molecule has 0 atom stereocenters. The van der Waals surface area contributed by atoms with E-state index in [4.69, 9.17) is 9.84 Å². The Kier molecular flexibility index (Phi) is 5.77. The first kappa shape index (κ1) is 18.1. The third-order valence-electron chi connectivity index (χ3n) is 2.29. The number of esters is 1. The first-order chi connectivity index (χ1) is 10.6. The Hall–Kier alpha value is -2.97. The fraction of sp³-hybridized carbons (Fsp3) is 0.357. The zero-order valence-electron chi connectivity index (χ0n) is 12.8. The second-order valence-electron chi connectivity index (χ2n) is 5.41. The van der Waals surface area contributed by atoms with Gasteiger partial charge in [-0.1, -0.05) is 17.3 Å². The van der Waals surface area contributed by atoms with E-state index in [0.29, 0.717) is 0 Å². The van der Waals surface area contributed by atoms with Gasteiger partial charge in [0, 0.05) is 17.7 Å². The van der Waals surface area contributed by atoms with Gasteiger partial charge in [0.15, 0.2) is 5.71 Å². The predicted molar refractivity (Wildman–Crippen MR) is 79.1 cm³/mol. The van der Waals surface area contributed by atoms with Gasteiger partial charge >= 0.3 is 11.9 Å². The van der Waals surface area contributed by atoms with E-state index in [0.717, 1.165) is 6.07 Å². The van der Waals surface area contributed by atoms with Crippen LogP contribution in [0.15, 0.2) is 29.4 Å². The quantitative estimate of drug-likeness (QED) is 0.365. The van der Waals surface area contributed by atoms with E-state index < -0.39 is 34.8 Å². The molecule has 0 aliphatic rings. The van der Waals surface area contributed by atoms with Crippen molar-refractivity contribution in [3.05, 3.63) is 39.9 Å². The van der Waals surface area contributed by atoms with Gasteiger partial charge in [0.05, 0.1) is 4.92 Å². The number of aliphatic carboxylic acids is 1. The number of nitrogens with zero attached hydrogens (tertiary/aromatic N) is 2. The van der Waals surface area contributed by atoms with Gasteiger partial charge in [-0.15, -0.1) is 0 Å². The number of benzene rings is 1. The molecule has 0 saturated heterocycles. The molecule has 0 bridgehead atoms. The summed E-state index contributed by atoms with van der Waals surface area (Å²) in [5.41, 5.74) is -1.57. The molecule has 0 spiro atoms. The maximum absolute atomic E-state index is 11.4. The summed E-state index contributed by atoms with van der Waals surface area (Å²) in [5, 5.41) is 23.2. The fourth-order valence-corrected chi connectivity index (χ4v) is 1.50. The minimum atomic E-state index is -1.45. The summed E-state index contributed by atoms with van der Waals surface area (Å²) in [6, 6.07) is 4.91. The molecule has 0 amide bonds. The lowest BCUT2D eigenvalue weighted by Crippen LogP contribution is -2.26. The lowest BCUT2D eigenvalue weighted by molar-refractivity contribution is -0.384. The Balaban J connectivity index is 2.87. The van der Waals surface area contributed by atoms with Crippen LogP contribution in [0.4, 0.5) is 5.69 Å². The van der Waals surface area contributed by atoms with Crippen molar-refractivity contribution in [3.8, 4) is 0 Å². The lowest BCUT2D eigenvalue weighted by atomic mass is 10.1. The summed E-state index contributed by atoms with van der Waals surface area (Å²) in [7, 11) is 0. The van der Waals surface area contributed by atoms with E-state index in [1.807, 2.05) is 0 Å². The number of carbonyl (C=O) groups is 2. The standard InChI is InChI=1S/C14H16N2O7/c1-14(2,3)23-11(17)8-22-15-12(13(18)19)9-5-4-6-10(7-9)16(20)21/h4-7H,8H2,1-3H3,(H,18,19). The number of nitro benzene ring substituents is 1. The molecule has 0 heterocycles. The van der Waals surface area contributed by atoms with Crippen molar-refractivity contribution in [3.63, 3.8) is 0 Å². The number of nitro groups is 1. The van der Waals surface area contributed by atoms with Crippen molar-refractivity contribution in [1.82, 2.24) is 0 Å². The molecule has 0 radical (unpaired) electrons. The zero-order valence-corrected chi connectivity index (χ0v) is 12.8. The summed E-state index contributed by atoms with van der Waals surface area (Å²) < 4.78 is 4.97. The molecular weight excluding hydrogens is 308 g/mol. The molecule has 0 aliphatic carbocycles. The van der Waals surface area contributed by atoms with E-state index in [-0.39, 0.29) is 11.3 Å². The second-order valence-corrected chi connectivity index (χ2v) is 5.41. The van der Waals surface area contributed by atoms with Gasteiger partial charge < -0.3 is 14.7 Å². The molecule has 0 aromatic heterocycles. The van der Waals surface area contributed by atoms with Crippen molar-refractivity contribution in [2.45, 2.75) is 26.4 Å². The molecule has 9 nitrogen and oxygen atoms in total. The Morgan fingerprint density at radius 3 is 2.52 bits per heavy atom. The largest absolute Gasteiger partial charge is 0.476 e. The number of non-ortho nitro benzene ring substituents is 1. The van der Waals surface area contributed by atoms with Crippen LogP contribution in [-0.4, -0.2) is 39.9 Å². The van der Waals surface area contributed by atoms with Gasteiger partial charge in [0.25, 0.3) is 5.69 Å². The zero-order chi connectivity index (χ0) is 17.6. The third kappa shape index (κ3) is 6.12. The minimum Gasteiger partial charge on any atom is -0.476 e. The number of oxime groups is 1. The van der Waals surface area contributed by atoms with E-state index in [1.165, 1.54) is 18.2 Å². The number of carboxylic acid groups (broad SMARTS) is 1. The molecule has 1 rings (SSSR count). The Morgan fingerprint density at radius 2 is 2.00 bits per heavy atom. The number of carboxylic acids is 1. The second kappa shape index (κ2) is 7.34. The number of hydrogen-bond acceptors (Lipinski definition) is 7. The first-order valence-electron chi connectivity index (χ1n) is 6.50. The SMILES string of the molecule is CC(C)(C)OC(=O)CON=C(C(=O)O)c1cccc([N+](=O)[O-])c1. The summed E-state index contributed by atoms with van der Waals surface area (Å²) in [6.07, 6.45) is 0. The van der Waals surface area contributed by atoms with Crippen molar-refractivity contribution >= 4 is 23.3 Å². The fourth-order valence-electron chi connectivity index (χ4n) is 1.50. The average molecular weight is 324 g/mol. The van der Waals surface area contributed by atoms with Crippen LogP contribution in [0.5, 0.6) is 0 Å². The van der Waals surface area contributed by atoms with Crippen LogP contribution >= 0.6 is 0 Å². The molecular formula is C14H16N2O7. The summed E-state index contributed by atoms with van der Waals surface area (Å²) in [6.45, 7) is 4.42. The van der Waals surface area contributed by atoms with Crippen LogP contribution in [-0.2, 0) is 19.2 Å². The van der Waals surface area contributed by atoms with Gasteiger partial charge in [0.2, 0.25) is 6.61 Å². The summed E-state index contributed by atoms with van der Waals surface area (Å²) >= 11 is 0. The van der Waals surface area contributed by atoms with Crippen LogP contribution in [0.25, 0.3) is 0 Å². The Bertz CT molecular complexity index is 647. The van der Waals surface area contributed by atoms with E-state index >= 15 is 0 Å². The van der Waals surface area contributed by atoms with Crippen molar-refractivity contribution in [2.75, 3.05) is 6.61 Å². The molecule has 124 valence electrons. The summed E-state index contributed by atoms with van der Waals surface area (Å²) in [5.74, 6) is -2.17. The molecule has 1 N–H and O–H groups in total. The van der Waals surface area contributed by atoms with Gasteiger partial charge in [-0.05, 0) is 20.8 Å². The molecule has 0 saturated carbocycles. The molecule has 9 heteroatoms. The lowest BCUT2D eigenvalue weighted by Gasteiger charge is -2.18. The van der Waals surface area contributed by atoms with Gasteiger partial charge in [0.1, 0.15) is 5.60 Å². The summed E-state index contributed by atoms with van der Waals surface area (Å²) in [4.78, 5) is 37.4. The van der Waals surface area contributed by atoms with Gasteiger partial charge in [-0.2, -0.15) is 0 Å². The molecule has 0 fully saturated rings. The molecule has 1 aromatic rings. The van der Waals surface area contributed by atoms with Crippen LogP contribution < -0.4 is 0 Å². The first-order valence-corrected chi connectivity index (χ1v) is 6.50. The molecule has 23 heavy (non-hydrogen) atoms.